The van der Waals surface area contributed by atoms with Gasteiger partial charge in [-0.15, -0.1) is 5.10 Å². The van der Waals surface area contributed by atoms with Gasteiger partial charge in [-0.3, -0.25) is 9.69 Å². The van der Waals surface area contributed by atoms with E-state index in [-0.39, 0.29) is 11.9 Å². The molecule has 2 aromatic rings. The molecule has 1 amide bonds. The zero-order valence-corrected chi connectivity index (χ0v) is 8.21. The average Bonchev–Trinajstić information content (AvgIpc) is 2.83. The number of aromatic amines is 1. The summed E-state index contributed by atoms with van der Waals surface area (Å²) in [6.45, 7) is 0.343. The Balaban J connectivity index is 2.01. The molecule has 1 aromatic heterocycles. The predicted molar refractivity (Wildman–Crippen MR) is 55.9 cm³/mol. The van der Waals surface area contributed by atoms with E-state index in [4.69, 9.17) is 0 Å². The van der Waals surface area contributed by atoms with Crippen LogP contribution in [0.25, 0.3) is 0 Å². The molecule has 2 N–H and O–H groups in total. The summed E-state index contributed by atoms with van der Waals surface area (Å²) in [5.74, 6) is 0.141. The summed E-state index contributed by atoms with van der Waals surface area (Å²) < 4.78 is 0. The van der Waals surface area contributed by atoms with Crippen molar-refractivity contribution in [3.05, 3.63) is 29.8 Å². The number of fused-ring (bicyclic) bond motifs is 1. The van der Waals surface area contributed by atoms with E-state index in [2.05, 4.69) is 25.9 Å². The molecule has 0 fully saturated rings. The molecular weight excluding hydrogens is 208 g/mol. The van der Waals surface area contributed by atoms with Crippen molar-refractivity contribution in [2.24, 2.45) is 0 Å². The second-order valence-electron chi connectivity index (χ2n) is 3.33. The molecule has 0 aliphatic carbocycles. The van der Waals surface area contributed by atoms with Crippen LogP contribution in [0.5, 0.6) is 0 Å². The number of carbonyl (C=O) groups excluding carboxylic acids is 1. The molecule has 1 aromatic carbocycles. The van der Waals surface area contributed by atoms with Gasteiger partial charge in [-0.25, -0.2) is 0 Å². The summed E-state index contributed by atoms with van der Waals surface area (Å²) in [5.41, 5.74) is 1.44. The summed E-state index contributed by atoms with van der Waals surface area (Å²) in [6.07, 6.45) is 0. The van der Waals surface area contributed by atoms with Crippen LogP contribution in [0, 0.1) is 0 Å². The van der Waals surface area contributed by atoms with Crippen molar-refractivity contribution in [3.63, 3.8) is 0 Å². The van der Waals surface area contributed by atoms with Gasteiger partial charge in [0, 0.05) is 5.69 Å². The fourth-order valence-electron chi connectivity index (χ4n) is 1.64. The Labute approximate surface area is 90.5 Å². The number of hydrogen-bond acceptors (Lipinski definition) is 5. The smallest absolute Gasteiger partial charge is 0.274 e. The Hall–Kier alpha value is -2.44. The Morgan fingerprint density at radius 2 is 2.19 bits per heavy atom. The molecule has 0 atom stereocenters. The van der Waals surface area contributed by atoms with Crippen LogP contribution < -0.4 is 10.2 Å². The third-order valence-corrected chi connectivity index (χ3v) is 2.41. The monoisotopic (exact) mass is 216 g/mol. The molecule has 0 unspecified atom stereocenters. The summed E-state index contributed by atoms with van der Waals surface area (Å²) in [7, 11) is 0. The van der Waals surface area contributed by atoms with E-state index in [0.717, 1.165) is 5.69 Å². The van der Waals surface area contributed by atoms with Crippen LogP contribution >= 0.6 is 0 Å². The molecule has 0 bridgehead atoms. The fourth-order valence-corrected chi connectivity index (χ4v) is 1.64. The highest BCUT2D eigenvalue weighted by Gasteiger charge is 2.27. The molecule has 16 heavy (non-hydrogen) atoms. The molecule has 7 heteroatoms. The number of tetrazole rings is 1. The molecule has 0 spiro atoms. The van der Waals surface area contributed by atoms with Crippen LogP contribution in [-0.4, -0.2) is 33.2 Å². The zero-order chi connectivity index (χ0) is 11.0. The van der Waals surface area contributed by atoms with Crippen LogP contribution in [-0.2, 0) is 0 Å². The number of anilines is 2. The first-order chi connectivity index (χ1) is 7.86. The van der Waals surface area contributed by atoms with E-state index in [1.165, 1.54) is 4.90 Å². The summed E-state index contributed by atoms with van der Waals surface area (Å²) >= 11 is 0. The van der Waals surface area contributed by atoms with Crippen LogP contribution in [0.4, 0.5) is 11.6 Å². The maximum Gasteiger partial charge on any atom is 0.274 e. The van der Waals surface area contributed by atoms with Crippen LogP contribution in [0.15, 0.2) is 24.3 Å². The normalized spacial score (nSPS) is 14.5. The minimum atomic E-state index is -0.129. The summed E-state index contributed by atoms with van der Waals surface area (Å²) in [5, 5.41) is 16.4. The van der Waals surface area contributed by atoms with Crippen molar-refractivity contribution in [3.8, 4) is 0 Å². The third-order valence-electron chi connectivity index (χ3n) is 2.41. The largest absolute Gasteiger partial charge is 0.367 e. The number of nitrogens with zero attached hydrogens (tertiary/aromatic N) is 4. The van der Waals surface area contributed by atoms with E-state index < -0.39 is 0 Å². The number of hydrogen-bond donors (Lipinski definition) is 2. The van der Waals surface area contributed by atoms with Gasteiger partial charge in [0.1, 0.15) is 0 Å². The molecule has 2 heterocycles. The predicted octanol–water partition coefficient (Wildman–Crippen LogP) is 0.229. The molecule has 0 saturated carbocycles. The summed E-state index contributed by atoms with van der Waals surface area (Å²) in [4.78, 5) is 13.5. The van der Waals surface area contributed by atoms with E-state index in [1.807, 2.05) is 18.2 Å². The first-order valence-electron chi connectivity index (χ1n) is 4.74. The SMILES string of the molecule is O=C1c2ccccc2NCN1c1nn[nH]n1. The second kappa shape index (κ2) is 3.30. The molecule has 7 nitrogen and oxygen atoms in total. The summed E-state index contributed by atoms with van der Waals surface area (Å²) in [6, 6.07) is 7.32. The van der Waals surface area contributed by atoms with Gasteiger partial charge in [0.25, 0.3) is 11.9 Å². The Bertz CT molecular complexity index is 523. The standard InChI is InChI=1S/C9H8N6O/c16-8-6-3-1-2-4-7(6)10-5-15(8)9-11-13-14-12-9/h1-4,10H,5H2,(H,11,12,13,14). The van der Waals surface area contributed by atoms with E-state index >= 15 is 0 Å². The van der Waals surface area contributed by atoms with E-state index in [9.17, 15) is 4.79 Å². The molecule has 0 radical (unpaired) electrons. The number of rotatable bonds is 1. The lowest BCUT2D eigenvalue weighted by atomic mass is 10.1. The highest BCUT2D eigenvalue weighted by Crippen LogP contribution is 2.23. The minimum absolute atomic E-state index is 0.129. The molecule has 80 valence electrons. The highest BCUT2D eigenvalue weighted by atomic mass is 16.2. The van der Waals surface area contributed by atoms with Crippen molar-refractivity contribution in [2.45, 2.75) is 0 Å². The van der Waals surface area contributed by atoms with E-state index in [1.54, 1.807) is 6.07 Å². The minimum Gasteiger partial charge on any atom is -0.367 e. The first kappa shape index (κ1) is 8.84. The van der Waals surface area contributed by atoms with Crippen LogP contribution in [0.1, 0.15) is 10.4 Å². The second-order valence-corrected chi connectivity index (χ2v) is 3.33. The van der Waals surface area contributed by atoms with E-state index in [0.29, 0.717) is 12.2 Å². The maximum atomic E-state index is 12.1. The number of carbonyl (C=O) groups is 1. The number of nitrogens with one attached hydrogen (secondary N) is 2. The lowest BCUT2D eigenvalue weighted by Crippen LogP contribution is -2.40. The average molecular weight is 216 g/mol. The van der Waals surface area contributed by atoms with Gasteiger partial charge in [-0.1, -0.05) is 17.2 Å². The lowest BCUT2D eigenvalue weighted by molar-refractivity contribution is 0.0984. The van der Waals surface area contributed by atoms with Gasteiger partial charge in [0.15, 0.2) is 0 Å². The molecule has 1 aliphatic heterocycles. The van der Waals surface area contributed by atoms with Crippen molar-refractivity contribution in [2.75, 3.05) is 16.9 Å². The van der Waals surface area contributed by atoms with Crippen LogP contribution in [0.3, 0.4) is 0 Å². The molecular formula is C9H8N6O. The quantitative estimate of drug-likeness (QED) is 0.712. The van der Waals surface area contributed by atoms with Crippen LogP contribution in [0.2, 0.25) is 0 Å². The fraction of sp³-hybridized carbons (Fsp3) is 0.111. The number of H-pyrrole nitrogens is 1. The molecule has 0 saturated heterocycles. The first-order valence-corrected chi connectivity index (χ1v) is 4.74. The van der Waals surface area contributed by atoms with Gasteiger partial charge in [-0.05, 0) is 17.3 Å². The van der Waals surface area contributed by atoms with Crippen molar-refractivity contribution >= 4 is 17.5 Å². The Morgan fingerprint density at radius 1 is 1.31 bits per heavy atom. The van der Waals surface area contributed by atoms with Gasteiger partial charge >= 0.3 is 0 Å². The van der Waals surface area contributed by atoms with Gasteiger partial charge in [0.05, 0.1) is 12.2 Å². The van der Waals surface area contributed by atoms with Gasteiger partial charge < -0.3 is 5.32 Å². The van der Waals surface area contributed by atoms with Crippen molar-refractivity contribution in [1.29, 1.82) is 0 Å². The van der Waals surface area contributed by atoms with Gasteiger partial charge in [0.2, 0.25) is 0 Å². The van der Waals surface area contributed by atoms with Gasteiger partial charge in [-0.2, -0.15) is 5.21 Å². The Kier molecular flexibility index (Phi) is 1.82. The Morgan fingerprint density at radius 3 is 3.00 bits per heavy atom. The number of aromatic nitrogens is 4. The number of para-hydroxylation sites is 1. The topological polar surface area (TPSA) is 86.8 Å². The maximum absolute atomic E-state index is 12.1. The molecule has 3 rings (SSSR count). The third kappa shape index (κ3) is 1.22. The number of amides is 1. The zero-order valence-electron chi connectivity index (χ0n) is 8.21. The van der Waals surface area contributed by atoms with Crippen molar-refractivity contribution < 1.29 is 4.79 Å². The highest BCUT2D eigenvalue weighted by molar-refractivity contribution is 6.10. The lowest BCUT2D eigenvalue weighted by Gasteiger charge is -2.26. The molecule has 1 aliphatic rings. The van der Waals surface area contributed by atoms with Crippen molar-refractivity contribution in [1.82, 2.24) is 20.6 Å². The number of benzene rings is 1.